The van der Waals surface area contributed by atoms with Crippen molar-refractivity contribution in [2.24, 2.45) is 16.6 Å². The highest BCUT2D eigenvalue weighted by molar-refractivity contribution is 5.85. The highest BCUT2D eigenvalue weighted by atomic mass is 35.5. The Bertz CT molecular complexity index is 300. The van der Waals surface area contributed by atoms with Crippen LogP contribution in [0.3, 0.4) is 0 Å². The van der Waals surface area contributed by atoms with Crippen LogP contribution >= 0.6 is 12.4 Å². The second-order valence-corrected chi connectivity index (χ2v) is 6.29. The van der Waals surface area contributed by atoms with Crippen LogP contribution < -0.4 is 11.1 Å². The number of halogens is 1. The predicted molar refractivity (Wildman–Crippen MR) is 84.9 cm³/mol. The van der Waals surface area contributed by atoms with E-state index in [0.717, 1.165) is 38.5 Å². The largest absolute Gasteiger partial charge is 0.392 e. The monoisotopic (exact) mass is 306 g/mol. The Morgan fingerprint density at radius 3 is 2.45 bits per heavy atom. The average molecular weight is 307 g/mol. The summed E-state index contributed by atoms with van der Waals surface area (Å²) in [6, 6.07) is 0. The topological polar surface area (TPSA) is 75.4 Å². The van der Waals surface area contributed by atoms with Gasteiger partial charge < -0.3 is 16.2 Å². The van der Waals surface area contributed by atoms with Crippen molar-refractivity contribution in [1.29, 1.82) is 0 Å². The van der Waals surface area contributed by atoms with Gasteiger partial charge in [-0.1, -0.05) is 33.6 Å². The van der Waals surface area contributed by atoms with E-state index in [9.17, 15) is 9.90 Å². The van der Waals surface area contributed by atoms with Crippen LogP contribution in [0.1, 0.15) is 59.3 Å². The van der Waals surface area contributed by atoms with Crippen molar-refractivity contribution in [1.82, 2.24) is 5.32 Å². The number of hydrogen-bond acceptors (Lipinski definition) is 3. The minimum Gasteiger partial charge on any atom is -0.392 e. The lowest BCUT2D eigenvalue weighted by atomic mass is 9.73. The van der Waals surface area contributed by atoms with Gasteiger partial charge in [0.25, 0.3) is 0 Å². The molecule has 0 radical (unpaired) electrons. The van der Waals surface area contributed by atoms with Gasteiger partial charge in [0.1, 0.15) is 0 Å². The number of nitrogens with one attached hydrogen (secondary N) is 1. The molecule has 0 saturated heterocycles. The van der Waals surface area contributed by atoms with E-state index in [-0.39, 0.29) is 29.8 Å². The molecule has 2 atom stereocenters. The molecule has 0 spiro atoms. The van der Waals surface area contributed by atoms with E-state index in [1.165, 1.54) is 0 Å². The Labute approximate surface area is 129 Å². The van der Waals surface area contributed by atoms with Gasteiger partial charge in [-0.3, -0.25) is 4.79 Å². The van der Waals surface area contributed by atoms with Gasteiger partial charge in [-0.2, -0.15) is 0 Å². The van der Waals surface area contributed by atoms with Gasteiger partial charge in [0, 0.05) is 18.5 Å². The SMILES string of the molecule is CCC(CC)(CN)C(=O)NCC1(C)CCCCC1O.Cl. The molecule has 1 amide bonds. The summed E-state index contributed by atoms with van der Waals surface area (Å²) in [5.41, 5.74) is 5.16. The lowest BCUT2D eigenvalue weighted by Crippen LogP contribution is -2.51. The van der Waals surface area contributed by atoms with Crippen molar-refractivity contribution in [2.75, 3.05) is 13.1 Å². The Morgan fingerprint density at radius 1 is 1.40 bits per heavy atom. The molecule has 0 aromatic carbocycles. The zero-order valence-corrected chi connectivity index (χ0v) is 13.9. The summed E-state index contributed by atoms with van der Waals surface area (Å²) < 4.78 is 0. The summed E-state index contributed by atoms with van der Waals surface area (Å²) in [7, 11) is 0. The van der Waals surface area contributed by atoms with Crippen LogP contribution in [0.5, 0.6) is 0 Å². The quantitative estimate of drug-likeness (QED) is 0.704. The van der Waals surface area contributed by atoms with E-state index < -0.39 is 5.41 Å². The first-order valence-electron chi connectivity index (χ1n) is 7.60. The van der Waals surface area contributed by atoms with Crippen LogP contribution in [-0.4, -0.2) is 30.2 Å². The van der Waals surface area contributed by atoms with E-state index in [0.29, 0.717) is 13.1 Å². The maximum absolute atomic E-state index is 12.4. The molecule has 1 aliphatic carbocycles. The Hall–Kier alpha value is -0.320. The van der Waals surface area contributed by atoms with Crippen molar-refractivity contribution in [2.45, 2.75) is 65.4 Å². The first-order chi connectivity index (χ1) is 8.94. The van der Waals surface area contributed by atoms with Crippen LogP contribution in [0.15, 0.2) is 0 Å². The number of aliphatic hydroxyl groups is 1. The minimum absolute atomic E-state index is 0. The molecule has 1 rings (SSSR count). The first-order valence-corrected chi connectivity index (χ1v) is 7.60. The van der Waals surface area contributed by atoms with E-state index in [4.69, 9.17) is 5.73 Å². The lowest BCUT2D eigenvalue weighted by Gasteiger charge is -2.39. The molecular formula is C15H31ClN2O2. The van der Waals surface area contributed by atoms with E-state index in [1.54, 1.807) is 0 Å². The van der Waals surface area contributed by atoms with Gasteiger partial charge >= 0.3 is 0 Å². The number of carbonyl (C=O) groups is 1. The number of carbonyl (C=O) groups excluding carboxylic acids is 1. The fourth-order valence-electron chi connectivity index (χ4n) is 3.01. The van der Waals surface area contributed by atoms with Gasteiger partial charge in [-0.25, -0.2) is 0 Å². The van der Waals surface area contributed by atoms with Crippen molar-refractivity contribution < 1.29 is 9.90 Å². The van der Waals surface area contributed by atoms with Gasteiger partial charge in [-0.05, 0) is 25.7 Å². The van der Waals surface area contributed by atoms with E-state index in [2.05, 4.69) is 12.2 Å². The van der Waals surface area contributed by atoms with Crippen LogP contribution in [0.4, 0.5) is 0 Å². The fourth-order valence-corrected chi connectivity index (χ4v) is 3.01. The number of amides is 1. The van der Waals surface area contributed by atoms with Crippen LogP contribution in [-0.2, 0) is 4.79 Å². The molecular weight excluding hydrogens is 276 g/mol. The highest BCUT2D eigenvalue weighted by Crippen LogP contribution is 2.36. The molecule has 1 saturated carbocycles. The maximum Gasteiger partial charge on any atom is 0.227 e. The normalized spacial score (nSPS) is 26.8. The van der Waals surface area contributed by atoms with Gasteiger partial charge in [0.05, 0.1) is 11.5 Å². The third kappa shape index (κ3) is 4.09. The van der Waals surface area contributed by atoms with Crippen molar-refractivity contribution >= 4 is 18.3 Å². The summed E-state index contributed by atoms with van der Waals surface area (Å²) in [4.78, 5) is 12.4. The number of hydrogen-bond donors (Lipinski definition) is 3. The van der Waals surface area contributed by atoms with Crippen LogP contribution in [0.2, 0.25) is 0 Å². The Balaban J connectivity index is 0.00000361. The molecule has 2 unspecified atom stereocenters. The maximum atomic E-state index is 12.4. The molecule has 5 heteroatoms. The van der Waals surface area contributed by atoms with Crippen molar-refractivity contribution in [3.63, 3.8) is 0 Å². The second-order valence-electron chi connectivity index (χ2n) is 6.29. The summed E-state index contributed by atoms with van der Waals surface area (Å²) in [5.74, 6) is 0.0407. The molecule has 4 nitrogen and oxygen atoms in total. The summed E-state index contributed by atoms with van der Waals surface area (Å²) in [6.45, 7) is 7.01. The smallest absolute Gasteiger partial charge is 0.227 e. The van der Waals surface area contributed by atoms with Gasteiger partial charge in [-0.15, -0.1) is 12.4 Å². The molecule has 20 heavy (non-hydrogen) atoms. The highest BCUT2D eigenvalue weighted by Gasteiger charge is 2.38. The van der Waals surface area contributed by atoms with Crippen molar-refractivity contribution in [3.05, 3.63) is 0 Å². The third-order valence-corrected chi connectivity index (χ3v) is 5.16. The number of aliphatic hydroxyl groups excluding tert-OH is 1. The second kappa shape index (κ2) is 8.20. The molecule has 0 heterocycles. The standard InChI is InChI=1S/C15H30N2O2.ClH/c1-4-15(5-2,10-16)13(19)17-11-14(3)9-7-6-8-12(14)18;/h12,18H,4-11,16H2,1-3H3,(H,17,19);1H. The lowest BCUT2D eigenvalue weighted by molar-refractivity contribution is -0.132. The van der Waals surface area contributed by atoms with Gasteiger partial charge in [0.15, 0.2) is 0 Å². The molecule has 1 fully saturated rings. The Kier molecular flexibility index (Phi) is 8.07. The first kappa shape index (κ1) is 19.7. The predicted octanol–water partition coefficient (Wildman–Crippen LogP) is 2.23. The fraction of sp³-hybridized carbons (Fsp3) is 0.933. The third-order valence-electron chi connectivity index (χ3n) is 5.16. The molecule has 0 bridgehead atoms. The zero-order chi connectivity index (χ0) is 14.5. The molecule has 0 aromatic heterocycles. The molecule has 120 valence electrons. The van der Waals surface area contributed by atoms with E-state index in [1.807, 2.05) is 13.8 Å². The molecule has 0 aromatic rings. The van der Waals surface area contributed by atoms with Crippen molar-refractivity contribution in [3.8, 4) is 0 Å². The molecule has 0 aliphatic heterocycles. The average Bonchev–Trinajstić information content (AvgIpc) is 2.43. The molecule has 1 aliphatic rings. The number of rotatable bonds is 6. The number of nitrogens with two attached hydrogens (primary N) is 1. The van der Waals surface area contributed by atoms with Crippen LogP contribution in [0.25, 0.3) is 0 Å². The van der Waals surface area contributed by atoms with E-state index >= 15 is 0 Å². The Morgan fingerprint density at radius 2 is 2.00 bits per heavy atom. The van der Waals surface area contributed by atoms with Gasteiger partial charge in [0.2, 0.25) is 5.91 Å². The van der Waals surface area contributed by atoms with Crippen LogP contribution in [0, 0.1) is 10.8 Å². The minimum atomic E-state index is -0.448. The summed E-state index contributed by atoms with van der Waals surface area (Å²) in [6.07, 6.45) is 5.24. The summed E-state index contributed by atoms with van der Waals surface area (Å²) in [5, 5.41) is 13.2. The zero-order valence-electron chi connectivity index (χ0n) is 13.1. The molecule has 4 N–H and O–H groups in total. The summed E-state index contributed by atoms with van der Waals surface area (Å²) >= 11 is 0.